The molecule has 0 aliphatic heterocycles. The third-order valence-electron chi connectivity index (χ3n) is 1.43. The second kappa shape index (κ2) is 9.76. The molecule has 0 aromatic heterocycles. The predicted molar refractivity (Wildman–Crippen MR) is 54.3 cm³/mol. The Morgan fingerprint density at radius 3 is 2.55 bits per heavy atom. The normalized spacial score (nSPS) is 8.45. The lowest BCUT2D eigenvalue weighted by molar-refractivity contribution is -0.118. The van der Waals surface area contributed by atoms with E-state index in [2.05, 4.69) is 13.5 Å². The molecular weight excluding hydrogens is 156 g/mol. The molecule has 66 valence electrons. The van der Waals surface area contributed by atoms with Crippen molar-refractivity contribution in [2.45, 2.75) is 39.0 Å². The van der Waals surface area contributed by atoms with Gasteiger partial charge in [-0.05, 0) is 6.42 Å². The Hall–Kier alpha value is -0.240. The second-order valence-electron chi connectivity index (χ2n) is 2.49. The largest absolute Gasteiger partial charge is 0.299 e. The Labute approximate surface area is 76.3 Å². The fourth-order valence-corrected chi connectivity index (χ4v) is 0.835. The zero-order chi connectivity index (χ0) is 7.82. The molecule has 0 fully saturated rings. The van der Waals surface area contributed by atoms with Gasteiger partial charge in [0.25, 0.3) is 0 Å². The molecule has 0 radical (unpaired) electrons. The number of hydrogen-bond acceptors (Lipinski definition) is 1. The minimum atomic E-state index is 0. The number of carbonyl (C=O) groups is 1. The lowest BCUT2D eigenvalue weighted by Gasteiger charge is -1.94. The van der Waals surface area contributed by atoms with E-state index in [0.717, 1.165) is 12.8 Å². The molecule has 0 unspecified atom stereocenters. The lowest BCUT2D eigenvalue weighted by atomic mass is 10.1. The first-order chi connectivity index (χ1) is 4.81. The van der Waals surface area contributed by atoms with Gasteiger partial charge in [-0.2, -0.15) is 13.5 Å². The van der Waals surface area contributed by atoms with E-state index in [1.807, 2.05) is 0 Å². The average Bonchev–Trinajstić information content (AvgIpc) is 1.89. The van der Waals surface area contributed by atoms with Crippen molar-refractivity contribution in [2.24, 2.45) is 0 Å². The van der Waals surface area contributed by atoms with Crippen molar-refractivity contribution in [3.8, 4) is 0 Å². The Balaban J connectivity index is 0. The molecule has 0 saturated heterocycles. The second-order valence-corrected chi connectivity index (χ2v) is 2.49. The van der Waals surface area contributed by atoms with Crippen molar-refractivity contribution in [1.82, 2.24) is 0 Å². The van der Waals surface area contributed by atoms with E-state index in [1.54, 1.807) is 6.08 Å². The van der Waals surface area contributed by atoms with E-state index < -0.39 is 0 Å². The van der Waals surface area contributed by atoms with Gasteiger partial charge in [0.1, 0.15) is 5.78 Å². The maximum atomic E-state index is 10.8. The van der Waals surface area contributed by atoms with Crippen LogP contribution in [0.25, 0.3) is 0 Å². The van der Waals surface area contributed by atoms with E-state index in [0.29, 0.717) is 12.2 Å². The van der Waals surface area contributed by atoms with Gasteiger partial charge in [0.15, 0.2) is 0 Å². The molecule has 0 aromatic rings. The average molecular weight is 174 g/mol. The van der Waals surface area contributed by atoms with Gasteiger partial charge in [0, 0.05) is 12.8 Å². The molecule has 0 aliphatic carbocycles. The third kappa shape index (κ3) is 9.76. The Morgan fingerprint density at radius 2 is 2.09 bits per heavy atom. The summed E-state index contributed by atoms with van der Waals surface area (Å²) in [5.74, 6) is 0.323. The summed E-state index contributed by atoms with van der Waals surface area (Å²) in [7, 11) is 0. The summed E-state index contributed by atoms with van der Waals surface area (Å²) < 4.78 is 0. The molecule has 0 N–H and O–H groups in total. The number of Topliss-reactive ketones (excluding diaryl/α,β-unsaturated/α-hetero) is 1. The standard InChI is InChI=1S/C9H16O.H2S/c1-3-5-6-8-9(10)7-4-2;/h4H,2-3,5-8H2,1H3;1H2. The zero-order valence-electron chi connectivity index (χ0n) is 7.23. The van der Waals surface area contributed by atoms with Crippen molar-refractivity contribution in [2.75, 3.05) is 0 Å². The summed E-state index contributed by atoms with van der Waals surface area (Å²) in [6.45, 7) is 5.64. The topological polar surface area (TPSA) is 17.1 Å². The molecule has 0 saturated carbocycles. The molecule has 0 spiro atoms. The minimum Gasteiger partial charge on any atom is -0.299 e. The quantitative estimate of drug-likeness (QED) is 0.447. The van der Waals surface area contributed by atoms with Crippen LogP contribution >= 0.6 is 13.5 Å². The first kappa shape index (κ1) is 13.4. The van der Waals surface area contributed by atoms with Crippen LogP contribution in [0.3, 0.4) is 0 Å². The summed E-state index contributed by atoms with van der Waals surface area (Å²) in [4.78, 5) is 10.8. The summed E-state index contributed by atoms with van der Waals surface area (Å²) >= 11 is 0. The van der Waals surface area contributed by atoms with Crippen molar-refractivity contribution >= 4 is 19.3 Å². The Bertz CT molecular complexity index is 110. The van der Waals surface area contributed by atoms with E-state index in [-0.39, 0.29) is 13.5 Å². The number of allylic oxidation sites excluding steroid dienone is 1. The van der Waals surface area contributed by atoms with Crippen LogP contribution < -0.4 is 0 Å². The fraction of sp³-hybridized carbons (Fsp3) is 0.667. The van der Waals surface area contributed by atoms with Gasteiger partial charge in [0.2, 0.25) is 0 Å². The Kier molecular flexibility index (Phi) is 11.9. The zero-order valence-corrected chi connectivity index (χ0v) is 8.23. The van der Waals surface area contributed by atoms with Gasteiger partial charge >= 0.3 is 0 Å². The maximum Gasteiger partial charge on any atom is 0.136 e. The van der Waals surface area contributed by atoms with Crippen LogP contribution in [0.1, 0.15) is 39.0 Å². The van der Waals surface area contributed by atoms with Crippen LogP contribution in [-0.2, 0) is 4.79 Å². The molecule has 11 heavy (non-hydrogen) atoms. The smallest absolute Gasteiger partial charge is 0.136 e. The highest BCUT2D eigenvalue weighted by Crippen LogP contribution is 2.01. The molecule has 0 rings (SSSR count). The number of unbranched alkanes of at least 4 members (excludes halogenated alkanes) is 2. The molecule has 2 heteroatoms. The number of carbonyl (C=O) groups excluding carboxylic acids is 1. The monoisotopic (exact) mass is 174 g/mol. The van der Waals surface area contributed by atoms with Crippen molar-refractivity contribution in [3.63, 3.8) is 0 Å². The SMILES string of the molecule is C=CCC(=O)CCCCC.S. The first-order valence-corrected chi connectivity index (χ1v) is 3.93. The van der Waals surface area contributed by atoms with E-state index in [4.69, 9.17) is 0 Å². The van der Waals surface area contributed by atoms with Crippen LogP contribution in [0, 0.1) is 0 Å². The third-order valence-corrected chi connectivity index (χ3v) is 1.43. The number of rotatable bonds is 6. The predicted octanol–water partition coefficient (Wildman–Crippen LogP) is 2.82. The molecule has 0 aromatic carbocycles. The minimum absolute atomic E-state index is 0. The van der Waals surface area contributed by atoms with Crippen molar-refractivity contribution in [3.05, 3.63) is 12.7 Å². The fourth-order valence-electron chi connectivity index (χ4n) is 0.835. The summed E-state index contributed by atoms with van der Waals surface area (Å²) in [5.41, 5.74) is 0. The van der Waals surface area contributed by atoms with Gasteiger partial charge in [0.05, 0.1) is 0 Å². The molecule has 0 bridgehead atoms. The van der Waals surface area contributed by atoms with Crippen molar-refractivity contribution < 1.29 is 4.79 Å². The van der Waals surface area contributed by atoms with E-state index in [1.165, 1.54) is 12.8 Å². The number of hydrogen-bond donors (Lipinski definition) is 0. The van der Waals surface area contributed by atoms with Crippen LogP contribution in [-0.4, -0.2) is 5.78 Å². The van der Waals surface area contributed by atoms with Gasteiger partial charge in [-0.15, -0.1) is 6.58 Å². The highest BCUT2D eigenvalue weighted by Gasteiger charge is 1.96. The van der Waals surface area contributed by atoms with Crippen molar-refractivity contribution in [1.29, 1.82) is 0 Å². The van der Waals surface area contributed by atoms with Gasteiger partial charge in [-0.1, -0.05) is 25.8 Å². The molecular formula is C9H18OS. The molecule has 0 aliphatic rings. The molecule has 1 nitrogen and oxygen atoms in total. The summed E-state index contributed by atoms with van der Waals surface area (Å²) in [6.07, 6.45) is 6.35. The van der Waals surface area contributed by atoms with Crippen LogP contribution in [0.2, 0.25) is 0 Å². The van der Waals surface area contributed by atoms with Gasteiger partial charge < -0.3 is 0 Å². The van der Waals surface area contributed by atoms with Crippen LogP contribution in [0.15, 0.2) is 12.7 Å². The van der Waals surface area contributed by atoms with Gasteiger partial charge in [-0.25, -0.2) is 0 Å². The Morgan fingerprint density at radius 1 is 1.45 bits per heavy atom. The lowest BCUT2D eigenvalue weighted by Crippen LogP contribution is -1.94. The maximum absolute atomic E-state index is 10.8. The molecule has 0 atom stereocenters. The molecule has 0 amide bonds. The first-order valence-electron chi connectivity index (χ1n) is 3.93. The van der Waals surface area contributed by atoms with Crippen LogP contribution in [0.4, 0.5) is 0 Å². The highest BCUT2D eigenvalue weighted by molar-refractivity contribution is 7.59. The van der Waals surface area contributed by atoms with Crippen LogP contribution in [0.5, 0.6) is 0 Å². The van der Waals surface area contributed by atoms with E-state index in [9.17, 15) is 4.79 Å². The van der Waals surface area contributed by atoms with E-state index >= 15 is 0 Å². The summed E-state index contributed by atoms with van der Waals surface area (Å²) in [5, 5.41) is 0. The van der Waals surface area contributed by atoms with Gasteiger partial charge in [-0.3, -0.25) is 4.79 Å². The highest BCUT2D eigenvalue weighted by atomic mass is 32.1. The number of ketones is 1. The summed E-state index contributed by atoms with van der Waals surface area (Å²) in [6, 6.07) is 0. The molecule has 0 heterocycles.